The van der Waals surface area contributed by atoms with Gasteiger partial charge in [-0.15, -0.1) is 0 Å². The molecule has 0 aliphatic rings. The maximum Gasteiger partial charge on any atom is 0.284 e. The van der Waals surface area contributed by atoms with Gasteiger partial charge in [-0.05, 0) is 0 Å². The lowest BCUT2D eigenvalue weighted by Gasteiger charge is -2.10. The van der Waals surface area contributed by atoms with Crippen LogP contribution >= 0.6 is 10.7 Å². The molecule has 1 aromatic heterocycles. The molecule has 1 aromatic rings. The van der Waals surface area contributed by atoms with Crippen molar-refractivity contribution in [1.29, 1.82) is 0 Å². The van der Waals surface area contributed by atoms with Crippen molar-refractivity contribution in [2.75, 3.05) is 12.8 Å². The van der Waals surface area contributed by atoms with Crippen molar-refractivity contribution < 1.29 is 21.9 Å². The highest BCUT2D eigenvalue weighted by Gasteiger charge is 2.23. The molecule has 9 heteroatoms. The van der Waals surface area contributed by atoms with E-state index in [1.807, 2.05) is 0 Å². The number of nitrogen functional groups attached to an aromatic ring is 1. The van der Waals surface area contributed by atoms with Crippen LogP contribution in [0.1, 0.15) is 12.1 Å². The van der Waals surface area contributed by atoms with Gasteiger partial charge in [-0.3, -0.25) is 0 Å². The first-order valence-corrected chi connectivity index (χ1v) is 6.15. The lowest BCUT2D eigenvalue weighted by molar-refractivity contribution is 0.140. The highest BCUT2D eigenvalue weighted by Crippen LogP contribution is 2.34. The van der Waals surface area contributed by atoms with Gasteiger partial charge in [0.1, 0.15) is 0 Å². The minimum Gasteiger partial charge on any atom is -0.492 e. The molecular weight excluding hydrogens is 266 g/mol. The zero-order chi connectivity index (χ0) is 12.5. The number of methoxy groups -OCH3 is 1. The molecular formula is C7H7ClF2N2O3S. The fourth-order valence-electron chi connectivity index (χ4n) is 1.04. The van der Waals surface area contributed by atoms with Gasteiger partial charge in [0.05, 0.1) is 12.8 Å². The predicted molar refractivity (Wildman–Crippen MR) is 53.2 cm³/mol. The fourth-order valence-corrected chi connectivity index (χ4v) is 1.76. The highest BCUT2D eigenvalue weighted by molar-refractivity contribution is 8.13. The van der Waals surface area contributed by atoms with Crippen LogP contribution in [0, 0.1) is 0 Å². The van der Waals surface area contributed by atoms with Gasteiger partial charge in [0.2, 0.25) is 0 Å². The van der Waals surface area contributed by atoms with Crippen molar-refractivity contribution in [3.63, 3.8) is 0 Å². The molecule has 0 aliphatic heterocycles. The molecule has 0 saturated carbocycles. The second kappa shape index (κ2) is 4.38. The Labute approximate surface area is 94.6 Å². The average Bonchev–Trinajstić information content (AvgIpc) is 2.14. The van der Waals surface area contributed by atoms with Crippen LogP contribution in [0.2, 0.25) is 0 Å². The van der Waals surface area contributed by atoms with Gasteiger partial charge in [-0.1, -0.05) is 0 Å². The summed E-state index contributed by atoms with van der Waals surface area (Å²) < 4.78 is 51.5. The lowest BCUT2D eigenvalue weighted by Crippen LogP contribution is -2.06. The molecule has 5 nitrogen and oxygen atoms in total. The van der Waals surface area contributed by atoms with Gasteiger partial charge >= 0.3 is 0 Å². The third-order valence-corrected chi connectivity index (χ3v) is 2.85. The molecule has 0 bridgehead atoms. The Morgan fingerprint density at radius 1 is 1.56 bits per heavy atom. The average molecular weight is 273 g/mol. The van der Waals surface area contributed by atoms with E-state index in [-0.39, 0.29) is 11.4 Å². The molecule has 1 heterocycles. The van der Waals surface area contributed by atoms with Crippen LogP contribution in [-0.4, -0.2) is 20.5 Å². The van der Waals surface area contributed by atoms with Crippen molar-refractivity contribution in [2.24, 2.45) is 0 Å². The Bertz CT molecular complexity index is 507. The van der Waals surface area contributed by atoms with E-state index in [1.54, 1.807) is 0 Å². The molecule has 1 rings (SSSR count). The van der Waals surface area contributed by atoms with Gasteiger partial charge in [0, 0.05) is 16.7 Å². The van der Waals surface area contributed by atoms with E-state index in [9.17, 15) is 17.2 Å². The third-order valence-electron chi connectivity index (χ3n) is 1.67. The Kier molecular flexibility index (Phi) is 3.54. The van der Waals surface area contributed by atoms with Gasteiger partial charge < -0.3 is 10.5 Å². The number of nitrogens with two attached hydrogens (primary N) is 1. The normalized spacial score (nSPS) is 11.8. The van der Waals surface area contributed by atoms with Gasteiger partial charge in [0.15, 0.2) is 16.5 Å². The summed E-state index contributed by atoms with van der Waals surface area (Å²) in [5.74, 6) is -0.362. The van der Waals surface area contributed by atoms with E-state index in [0.29, 0.717) is 0 Å². The quantitative estimate of drug-likeness (QED) is 0.844. The summed E-state index contributed by atoms with van der Waals surface area (Å²) in [7, 11) is 1.88. The molecule has 0 unspecified atom stereocenters. The first kappa shape index (κ1) is 12.9. The number of hydrogen-bond donors (Lipinski definition) is 1. The van der Waals surface area contributed by atoms with Crippen LogP contribution < -0.4 is 10.5 Å². The second-order valence-corrected chi connectivity index (χ2v) is 5.22. The molecule has 0 radical (unpaired) electrons. The maximum atomic E-state index is 12.5. The van der Waals surface area contributed by atoms with E-state index in [4.69, 9.17) is 16.4 Å². The van der Waals surface area contributed by atoms with Crippen LogP contribution in [0.25, 0.3) is 0 Å². The lowest BCUT2D eigenvalue weighted by atomic mass is 10.3. The van der Waals surface area contributed by atoms with E-state index in [0.717, 1.165) is 13.2 Å². The van der Waals surface area contributed by atoms with Crippen molar-refractivity contribution in [2.45, 2.75) is 11.5 Å². The molecule has 16 heavy (non-hydrogen) atoms. The summed E-state index contributed by atoms with van der Waals surface area (Å²) in [6.07, 6.45) is -3.02. The van der Waals surface area contributed by atoms with Crippen molar-refractivity contribution in [1.82, 2.24) is 4.98 Å². The molecule has 0 aliphatic carbocycles. The van der Waals surface area contributed by atoms with Crippen LogP contribution in [0.4, 0.5) is 14.5 Å². The Morgan fingerprint density at radius 2 is 2.12 bits per heavy atom. The zero-order valence-electron chi connectivity index (χ0n) is 7.95. The van der Waals surface area contributed by atoms with Gasteiger partial charge in [-0.25, -0.2) is 22.2 Å². The minimum atomic E-state index is -4.21. The zero-order valence-corrected chi connectivity index (χ0v) is 9.52. The van der Waals surface area contributed by atoms with Crippen LogP contribution in [0.3, 0.4) is 0 Å². The smallest absolute Gasteiger partial charge is 0.284 e. The van der Waals surface area contributed by atoms with Crippen LogP contribution in [0.15, 0.2) is 11.1 Å². The standard InChI is InChI=1S/C7H7ClF2N2O3S/c1-15-6-3(11)2-4(16(8,13)14)12-5(6)7(9)10/h2,7H,1H3,(H2,11,12). The van der Waals surface area contributed by atoms with E-state index >= 15 is 0 Å². The number of nitrogens with zero attached hydrogens (tertiary/aromatic N) is 1. The maximum absolute atomic E-state index is 12.5. The summed E-state index contributed by atoms with van der Waals surface area (Å²) in [5, 5.41) is -0.734. The SMILES string of the molecule is COc1c(N)cc(S(=O)(=O)Cl)nc1C(F)F. The van der Waals surface area contributed by atoms with Crippen molar-refractivity contribution in [3.05, 3.63) is 11.8 Å². The summed E-state index contributed by atoms with van der Waals surface area (Å²) in [6.45, 7) is 0. The largest absolute Gasteiger partial charge is 0.492 e. The Balaban J connectivity index is 3.52. The van der Waals surface area contributed by atoms with Gasteiger partial charge in [0.25, 0.3) is 15.5 Å². The number of anilines is 1. The molecule has 0 spiro atoms. The summed E-state index contributed by atoms with van der Waals surface area (Å²) in [6, 6.07) is 0.854. The summed E-state index contributed by atoms with van der Waals surface area (Å²) >= 11 is 0. The van der Waals surface area contributed by atoms with E-state index < -0.39 is 26.2 Å². The first-order valence-electron chi connectivity index (χ1n) is 3.84. The van der Waals surface area contributed by atoms with Gasteiger partial charge in [-0.2, -0.15) is 0 Å². The predicted octanol–water partition coefficient (Wildman–Crippen LogP) is 1.54. The molecule has 90 valence electrons. The number of rotatable bonds is 3. The topological polar surface area (TPSA) is 82.3 Å². The van der Waals surface area contributed by atoms with Crippen LogP contribution in [-0.2, 0) is 9.05 Å². The highest BCUT2D eigenvalue weighted by atomic mass is 35.7. The molecule has 2 N–H and O–H groups in total. The molecule has 0 fully saturated rings. The third kappa shape index (κ3) is 2.50. The van der Waals surface area contributed by atoms with E-state index in [2.05, 4.69) is 9.72 Å². The number of hydrogen-bond acceptors (Lipinski definition) is 5. The number of ether oxygens (including phenoxy) is 1. The second-order valence-electron chi connectivity index (χ2n) is 2.71. The Morgan fingerprint density at radius 3 is 2.50 bits per heavy atom. The fraction of sp³-hybridized carbons (Fsp3) is 0.286. The Hall–Kier alpha value is -1.15. The number of aromatic nitrogens is 1. The molecule has 0 amide bonds. The molecule has 0 saturated heterocycles. The monoisotopic (exact) mass is 272 g/mol. The molecule has 0 aromatic carbocycles. The van der Waals surface area contributed by atoms with Crippen molar-refractivity contribution >= 4 is 25.4 Å². The summed E-state index contributed by atoms with van der Waals surface area (Å²) in [4.78, 5) is 3.20. The summed E-state index contributed by atoms with van der Waals surface area (Å²) in [5.41, 5.74) is 4.21. The van der Waals surface area contributed by atoms with Crippen LogP contribution in [0.5, 0.6) is 5.75 Å². The number of halogens is 3. The number of alkyl halides is 2. The minimum absolute atomic E-state index is 0.271. The molecule has 0 atom stereocenters. The van der Waals surface area contributed by atoms with E-state index in [1.165, 1.54) is 0 Å². The first-order chi connectivity index (χ1) is 7.27. The number of pyridine rings is 1. The van der Waals surface area contributed by atoms with Crippen molar-refractivity contribution in [3.8, 4) is 5.75 Å².